The van der Waals surface area contributed by atoms with Crippen molar-refractivity contribution in [3.8, 4) is 5.75 Å². The predicted molar refractivity (Wildman–Crippen MR) is 73.6 cm³/mol. The van der Waals surface area contributed by atoms with Crippen LogP contribution in [0.25, 0.3) is 0 Å². The molecule has 0 spiro atoms. The van der Waals surface area contributed by atoms with Crippen LogP contribution in [0.2, 0.25) is 0 Å². The van der Waals surface area contributed by atoms with Gasteiger partial charge in [-0.15, -0.1) is 0 Å². The molecule has 4 nitrogen and oxygen atoms in total. The second-order valence-electron chi connectivity index (χ2n) is 5.07. The third-order valence-corrected chi connectivity index (χ3v) is 3.85. The molecule has 0 saturated carbocycles. The summed E-state index contributed by atoms with van der Waals surface area (Å²) in [7, 11) is 1.70. The van der Waals surface area contributed by atoms with Crippen LogP contribution in [-0.4, -0.2) is 24.2 Å². The van der Waals surface area contributed by atoms with Crippen LogP contribution < -0.4 is 10.5 Å². The van der Waals surface area contributed by atoms with E-state index in [4.69, 9.17) is 15.6 Å². The fourth-order valence-corrected chi connectivity index (χ4v) is 2.77. The van der Waals surface area contributed by atoms with E-state index in [1.165, 1.54) is 29.5 Å². The molecule has 0 amide bonds. The number of aryl methyl sites for hydroxylation is 1. The third kappa shape index (κ3) is 3.07. The van der Waals surface area contributed by atoms with Gasteiger partial charge < -0.3 is 15.6 Å². The molecule has 19 heavy (non-hydrogen) atoms. The van der Waals surface area contributed by atoms with Crippen molar-refractivity contribution in [1.29, 1.82) is 0 Å². The fourth-order valence-electron chi connectivity index (χ4n) is 2.77. The van der Waals surface area contributed by atoms with E-state index in [1.807, 2.05) is 6.07 Å². The molecule has 2 rings (SSSR count). The number of nitrogens with two attached hydrogens (primary N) is 1. The maximum absolute atomic E-state index is 10.8. The zero-order valence-corrected chi connectivity index (χ0v) is 11.3. The molecule has 0 radical (unpaired) electrons. The first-order chi connectivity index (χ1) is 9.13. The van der Waals surface area contributed by atoms with E-state index < -0.39 is 12.0 Å². The predicted octanol–water partition coefficient (Wildman–Crippen LogP) is 1.92. The van der Waals surface area contributed by atoms with Gasteiger partial charge in [-0.05, 0) is 61.3 Å². The number of fused-ring (bicyclic) bond motifs is 1. The van der Waals surface area contributed by atoms with Crippen molar-refractivity contribution in [2.75, 3.05) is 7.11 Å². The number of rotatable bonds is 5. The number of hydrogen-bond acceptors (Lipinski definition) is 3. The summed E-state index contributed by atoms with van der Waals surface area (Å²) < 4.78 is 5.41. The van der Waals surface area contributed by atoms with Gasteiger partial charge in [0.15, 0.2) is 0 Å². The molecule has 1 unspecified atom stereocenters. The molecule has 1 aromatic rings. The van der Waals surface area contributed by atoms with Crippen LogP contribution in [0, 0.1) is 0 Å². The Labute approximate surface area is 113 Å². The highest BCUT2D eigenvalue weighted by molar-refractivity contribution is 5.73. The molecular formula is C15H21NO3. The Morgan fingerprint density at radius 3 is 2.68 bits per heavy atom. The molecule has 104 valence electrons. The number of benzene rings is 1. The van der Waals surface area contributed by atoms with Gasteiger partial charge in [0.25, 0.3) is 0 Å². The van der Waals surface area contributed by atoms with Crippen LogP contribution in [-0.2, 0) is 24.1 Å². The topological polar surface area (TPSA) is 72.5 Å². The summed E-state index contributed by atoms with van der Waals surface area (Å²) in [5.41, 5.74) is 9.45. The number of carboxylic acids is 1. The van der Waals surface area contributed by atoms with Crippen molar-refractivity contribution in [2.45, 2.75) is 44.6 Å². The molecule has 0 saturated heterocycles. The van der Waals surface area contributed by atoms with Crippen molar-refractivity contribution >= 4 is 5.97 Å². The van der Waals surface area contributed by atoms with Gasteiger partial charge >= 0.3 is 5.97 Å². The lowest BCUT2D eigenvalue weighted by molar-refractivity contribution is -0.138. The molecule has 0 fully saturated rings. The molecule has 4 heteroatoms. The molecule has 0 heterocycles. The van der Waals surface area contributed by atoms with Gasteiger partial charge in [-0.1, -0.05) is 6.07 Å². The highest BCUT2D eigenvalue weighted by atomic mass is 16.5. The SMILES string of the molecule is COc1ccc(CCC(N)C(=O)O)c2c1CCCC2. The van der Waals surface area contributed by atoms with Crippen LogP contribution in [0.15, 0.2) is 12.1 Å². The van der Waals surface area contributed by atoms with Crippen LogP contribution in [0.3, 0.4) is 0 Å². The summed E-state index contributed by atoms with van der Waals surface area (Å²) in [6.07, 6.45) is 5.70. The number of ether oxygens (including phenoxy) is 1. The Morgan fingerprint density at radius 2 is 2.05 bits per heavy atom. The maximum atomic E-state index is 10.8. The van der Waals surface area contributed by atoms with Gasteiger partial charge in [0.2, 0.25) is 0 Å². The van der Waals surface area contributed by atoms with E-state index in [0.717, 1.165) is 25.0 Å². The second-order valence-corrected chi connectivity index (χ2v) is 5.07. The molecule has 1 aliphatic rings. The minimum Gasteiger partial charge on any atom is -0.496 e. The first-order valence-electron chi connectivity index (χ1n) is 6.79. The summed E-state index contributed by atoms with van der Waals surface area (Å²) in [4.78, 5) is 10.8. The van der Waals surface area contributed by atoms with Gasteiger partial charge in [-0.25, -0.2) is 0 Å². The lowest BCUT2D eigenvalue weighted by Crippen LogP contribution is -2.30. The highest BCUT2D eigenvalue weighted by Crippen LogP contribution is 2.32. The molecule has 1 aromatic carbocycles. The van der Waals surface area contributed by atoms with E-state index in [9.17, 15) is 4.79 Å². The number of aliphatic carboxylic acids is 1. The average molecular weight is 263 g/mol. The summed E-state index contributed by atoms with van der Waals surface area (Å²) in [5, 5.41) is 8.84. The second kappa shape index (κ2) is 6.06. The Kier molecular flexibility index (Phi) is 4.43. The van der Waals surface area contributed by atoms with E-state index >= 15 is 0 Å². The fraction of sp³-hybridized carbons (Fsp3) is 0.533. The zero-order chi connectivity index (χ0) is 13.8. The van der Waals surface area contributed by atoms with Crippen molar-refractivity contribution in [1.82, 2.24) is 0 Å². The Balaban J connectivity index is 2.19. The van der Waals surface area contributed by atoms with Crippen LogP contribution in [0.4, 0.5) is 0 Å². The molecule has 1 aliphatic carbocycles. The minimum atomic E-state index is -0.928. The van der Waals surface area contributed by atoms with Gasteiger partial charge in [0.1, 0.15) is 11.8 Å². The number of hydrogen-bond donors (Lipinski definition) is 2. The quantitative estimate of drug-likeness (QED) is 0.851. The van der Waals surface area contributed by atoms with Crippen molar-refractivity contribution in [3.63, 3.8) is 0 Å². The average Bonchev–Trinajstić information content (AvgIpc) is 2.44. The third-order valence-electron chi connectivity index (χ3n) is 3.85. The van der Waals surface area contributed by atoms with Gasteiger partial charge in [0, 0.05) is 0 Å². The molecule has 0 bridgehead atoms. The summed E-state index contributed by atoms with van der Waals surface area (Å²) in [6, 6.07) is 3.27. The molecular weight excluding hydrogens is 242 g/mol. The molecule has 1 atom stereocenters. The van der Waals surface area contributed by atoms with Crippen LogP contribution in [0.5, 0.6) is 5.75 Å². The standard InChI is InChI=1S/C15H21NO3/c1-19-14-9-7-10(6-8-13(16)15(17)18)11-4-2-3-5-12(11)14/h7,9,13H,2-6,8,16H2,1H3,(H,17,18). The van der Waals surface area contributed by atoms with E-state index in [-0.39, 0.29) is 0 Å². The largest absolute Gasteiger partial charge is 0.496 e. The first-order valence-corrected chi connectivity index (χ1v) is 6.79. The lowest BCUT2D eigenvalue weighted by atomic mass is 9.86. The number of methoxy groups -OCH3 is 1. The van der Waals surface area contributed by atoms with Crippen LogP contribution in [0.1, 0.15) is 36.0 Å². The highest BCUT2D eigenvalue weighted by Gasteiger charge is 2.19. The molecule has 0 aromatic heterocycles. The Bertz CT molecular complexity index is 471. The van der Waals surface area contributed by atoms with Crippen molar-refractivity contribution in [2.24, 2.45) is 5.73 Å². The van der Waals surface area contributed by atoms with Crippen molar-refractivity contribution in [3.05, 3.63) is 28.8 Å². The van der Waals surface area contributed by atoms with E-state index in [0.29, 0.717) is 6.42 Å². The Hall–Kier alpha value is -1.55. The number of carbonyl (C=O) groups is 1. The van der Waals surface area contributed by atoms with E-state index in [1.54, 1.807) is 7.11 Å². The summed E-state index contributed by atoms with van der Waals surface area (Å²) in [5.74, 6) is 0.0309. The molecule has 3 N–H and O–H groups in total. The monoisotopic (exact) mass is 263 g/mol. The molecule has 0 aliphatic heterocycles. The van der Waals surface area contributed by atoms with E-state index in [2.05, 4.69) is 6.07 Å². The first kappa shape index (κ1) is 13.9. The Morgan fingerprint density at radius 1 is 1.37 bits per heavy atom. The maximum Gasteiger partial charge on any atom is 0.320 e. The van der Waals surface area contributed by atoms with Crippen LogP contribution >= 0.6 is 0 Å². The van der Waals surface area contributed by atoms with Crippen molar-refractivity contribution < 1.29 is 14.6 Å². The smallest absolute Gasteiger partial charge is 0.320 e. The normalized spacial score (nSPS) is 15.7. The zero-order valence-electron chi connectivity index (χ0n) is 11.3. The lowest BCUT2D eigenvalue weighted by Gasteiger charge is -2.22. The minimum absolute atomic E-state index is 0.480. The van der Waals surface area contributed by atoms with Gasteiger partial charge in [0.05, 0.1) is 7.11 Å². The summed E-state index contributed by atoms with van der Waals surface area (Å²) in [6.45, 7) is 0. The number of carboxylic acid groups (broad SMARTS) is 1. The van der Waals surface area contributed by atoms with Gasteiger partial charge in [-0.3, -0.25) is 4.79 Å². The van der Waals surface area contributed by atoms with Gasteiger partial charge in [-0.2, -0.15) is 0 Å². The summed E-state index contributed by atoms with van der Waals surface area (Å²) >= 11 is 0.